The van der Waals surface area contributed by atoms with Crippen LogP contribution in [0.15, 0.2) is 39.8 Å². The first kappa shape index (κ1) is 18.0. The fraction of sp³-hybridized carbons (Fsp3) is 0.350. The van der Waals surface area contributed by atoms with E-state index in [0.717, 1.165) is 35.2 Å². The van der Waals surface area contributed by atoms with Crippen molar-refractivity contribution >= 4 is 26.7 Å². The first-order valence-electron chi connectivity index (χ1n) is 9.22. The first-order valence-corrected chi connectivity index (χ1v) is 10.7. The van der Waals surface area contributed by atoms with Crippen molar-refractivity contribution in [1.82, 2.24) is 9.71 Å². The summed E-state index contributed by atoms with van der Waals surface area (Å²) in [6.07, 6.45) is 4.83. The second kappa shape index (κ2) is 6.98. The number of H-pyrrole nitrogens is 1. The molecule has 0 amide bonds. The summed E-state index contributed by atoms with van der Waals surface area (Å²) in [6.45, 7) is 2.18. The van der Waals surface area contributed by atoms with E-state index in [0.29, 0.717) is 30.3 Å². The topological polar surface area (TPSA) is 92.2 Å². The van der Waals surface area contributed by atoms with Gasteiger partial charge in [0.15, 0.2) is 5.78 Å². The third-order valence-corrected chi connectivity index (χ3v) is 6.62. The number of hydrogen-bond acceptors (Lipinski definition) is 4. The van der Waals surface area contributed by atoms with Gasteiger partial charge in [-0.2, -0.15) is 0 Å². The Morgan fingerprint density at radius 3 is 2.85 bits per heavy atom. The molecule has 1 aliphatic rings. The lowest BCUT2D eigenvalue weighted by Gasteiger charge is -2.12. The average Bonchev–Trinajstić information content (AvgIpc) is 3.28. The van der Waals surface area contributed by atoms with Crippen molar-refractivity contribution in [3.8, 4) is 0 Å². The fourth-order valence-electron chi connectivity index (χ4n) is 3.75. The van der Waals surface area contributed by atoms with Gasteiger partial charge < -0.3 is 9.40 Å². The molecule has 0 fully saturated rings. The van der Waals surface area contributed by atoms with Gasteiger partial charge in [-0.3, -0.25) is 4.79 Å². The van der Waals surface area contributed by atoms with Crippen LogP contribution in [0.3, 0.4) is 0 Å². The van der Waals surface area contributed by atoms with Crippen molar-refractivity contribution in [2.75, 3.05) is 6.54 Å². The molecule has 0 bridgehead atoms. The summed E-state index contributed by atoms with van der Waals surface area (Å²) in [7, 11) is -3.66. The lowest BCUT2D eigenvalue weighted by Crippen LogP contribution is -2.26. The van der Waals surface area contributed by atoms with E-state index in [-0.39, 0.29) is 17.2 Å². The average molecular weight is 386 g/mol. The Morgan fingerprint density at radius 2 is 2.11 bits per heavy atom. The minimum Gasteiger partial charge on any atom is -0.469 e. The van der Waals surface area contributed by atoms with Gasteiger partial charge in [0.25, 0.3) is 0 Å². The Balaban J connectivity index is 1.69. The van der Waals surface area contributed by atoms with Crippen LogP contribution in [-0.2, 0) is 29.3 Å². The fourth-order valence-corrected chi connectivity index (χ4v) is 5.09. The Labute approximate surface area is 158 Å². The van der Waals surface area contributed by atoms with E-state index in [1.165, 1.54) is 0 Å². The molecule has 0 spiro atoms. The number of hydrogen-bond donors (Lipinski definition) is 2. The van der Waals surface area contributed by atoms with Gasteiger partial charge in [0.2, 0.25) is 10.0 Å². The second-order valence-electron chi connectivity index (χ2n) is 6.84. The molecule has 7 heteroatoms. The van der Waals surface area contributed by atoms with E-state index in [1.54, 1.807) is 18.4 Å². The maximum atomic E-state index is 12.9. The molecular formula is C20H22N2O4S. The molecule has 0 unspecified atom stereocenters. The number of aromatic nitrogens is 1. The van der Waals surface area contributed by atoms with Crippen LogP contribution in [-0.4, -0.2) is 25.7 Å². The number of nitrogens with one attached hydrogen (secondary N) is 2. The van der Waals surface area contributed by atoms with Crippen LogP contribution in [0.5, 0.6) is 0 Å². The number of Topliss-reactive ketones (excluding diaryl/α,β-unsaturated/α-hetero) is 1. The predicted molar refractivity (Wildman–Crippen MR) is 103 cm³/mol. The number of rotatable bonds is 6. The van der Waals surface area contributed by atoms with Gasteiger partial charge >= 0.3 is 0 Å². The number of ketones is 1. The minimum atomic E-state index is -3.66. The molecule has 27 heavy (non-hydrogen) atoms. The maximum absolute atomic E-state index is 12.9. The minimum absolute atomic E-state index is 0.136. The summed E-state index contributed by atoms with van der Waals surface area (Å²) in [5, 5.41) is 0.834. The number of carbonyl (C=O) groups excluding carboxylic acids is 1. The number of sulfonamides is 1. The van der Waals surface area contributed by atoms with Crippen LogP contribution >= 0.6 is 0 Å². The summed E-state index contributed by atoms with van der Waals surface area (Å²) < 4.78 is 33.6. The van der Waals surface area contributed by atoms with Gasteiger partial charge in [-0.15, -0.1) is 0 Å². The summed E-state index contributed by atoms with van der Waals surface area (Å²) in [5.74, 6) is 0.871. The van der Waals surface area contributed by atoms with Gasteiger partial charge in [0.1, 0.15) is 5.76 Å². The number of fused-ring (bicyclic) bond motifs is 3. The molecule has 2 aromatic heterocycles. The van der Waals surface area contributed by atoms with Crippen molar-refractivity contribution in [3.05, 3.63) is 53.1 Å². The quantitative estimate of drug-likeness (QED) is 0.679. The van der Waals surface area contributed by atoms with E-state index in [2.05, 4.69) is 9.71 Å². The zero-order valence-corrected chi connectivity index (χ0v) is 16.0. The van der Waals surface area contributed by atoms with Crippen LogP contribution in [0.4, 0.5) is 0 Å². The van der Waals surface area contributed by atoms with E-state index in [4.69, 9.17) is 4.42 Å². The Bertz CT molecular complexity index is 1090. The molecule has 142 valence electrons. The second-order valence-corrected chi connectivity index (χ2v) is 8.58. The standard InChI is InChI=1S/C20H22N2O4S/c1-2-13-11-15-17(22-16-6-3-7-18(23)20(15)16)12-19(13)27(24,25)21-9-8-14-5-4-10-26-14/h4-5,10-12,21-22H,2-3,6-9H2,1H3. The molecule has 1 aromatic carbocycles. The molecule has 0 saturated heterocycles. The van der Waals surface area contributed by atoms with E-state index >= 15 is 0 Å². The number of carbonyl (C=O) groups is 1. The van der Waals surface area contributed by atoms with E-state index in [9.17, 15) is 13.2 Å². The molecule has 6 nitrogen and oxygen atoms in total. The molecule has 3 aromatic rings. The normalized spacial score (nSPS) is 14.6. The van der Waals surface area contributed by atoms with Gasteiger partial charge in [0, 0.05) is 41.5 Å². The Morgan fingerprint density at radius 1 is 1.26 bits per heavy atom. The lowest BCUT2D eigenvalue weighted by molar-refractivity contribution is 0.0974. The highest BCUT2D eigenvalue weighted by Gasteiger charge is 2.25. The van der Waals surface area contributed by atoms with Crippen molar-refractivity contribution in [2.24, 2.45) is 0 Å². The van der Waals surface area contributed by atoms with Crippen LogP contribution < -0.4 is 4.72 Å². The van der Waals surface area contributed by atoms with Gasteiger partial charge in [-0.05, 0) is 49.1 Å². The Kier molecular flexibility index (Phi) is 4.65. The van der Waals surface area contributed by atoms with Gasteiger partial charge in [-0.25, -0.2) is 13.1 Å². The first-order chi connectivity index (χ1) is 13.0. The van der Waals surface area contributed by atoms with Gasteiger partial charge in [0.05, 0.1) is 11.2 Å². The molecule has 2 N–H and O–H groups in total. The van der Waals surface area contributed by atoms with Crippen LogP contribution in [0.1, 0.15) is 47.1 Å². The molecule has 0 aliphatic heterocycles. The zero-order valence-electron chi connectivity index (χ0n) is 15.2. The third-order valence-electron chi connectivity index (χ3n) is 5.08. The van der Waals surface area contributed by atoms with E-state index < -0.39 is 10.0 Å². The zero-order chi connectivity index (χ0) is 19.0. The highest BCUT2D eigenvalue weighted by atomic mass is 32.2. The maximum Gasteiger partial charge on any atom is 0.240 e. The SMILES string of the molecule is CCc1cc2c3c([nH]c2cc1S(=O)(=O)NCCc1ccco1)CCCC3=O. The number of aromatic amines is 1. The number of furan rings is 1. The van der Waals surface area contributed by atoms with Crippen molar-refractivity contribution in [1.29, 1.82) is 0 Å². The van der Waals surface area contributed by atoms with Crippen molar-refractivity contribution < 1.29 is 17.6 Å². The molecule has 4 rings (SSSR count). The highest BCUT2D eigenvalue weighted by Crippen LogP contribution is 2.32. The smallest absolute Gasteiger partial charge is 0.240 e. The van der Waals surface area contributed by atoms with E-state index in [1.807, 2.05) is 19.1 Å². The summed E-state index contributed by atoms with van der Waals surface area (Å²) in [6, 6.07) is 7.11. The molecule has 0 saturated carbocycles. The lowest BCUT2D eigenvalue weighted by atomic mass is 9.94. The molecule has 2 heterocycles. The third kappa shape index (κ3) is 3.33. The van der Waals surface area contributed by atoms with Gasteiger partial charge in [-0.1, -0.05) is 6.92 Å². The van der Waals surface area contributed by atoms with Crippen LogP contribution in [0.2, 0.25) is 0 Å². The number of benzene rings is 1. The monoisotopic (exact) mass is 386 g/mol. The van der Waals surface area contributed by atoms with Crippen molar-refractivity contribution in [3.63, 3.8) is 0 Å². The molecule has 1 aliphatic carbocycles. The van der Waals surface area contributed by atoms with Crippen LogP contribution in [0, 0.1) is 0 Å². The summed E-state index contributed by atoms with van der Waals surface area (Å²) in [5.41, 5.74) is 3.08. The molecule has 0 atom stereocenters. The summed E-state index contributed by atoms with van der Waals surface area (Å²) >= 11 is 0. The highest BCUT2D eigenvalue weighted by molar-refractivity contribution is 7.89. The summed E-state index contributed by atoms with van der Waals surface area (Å²) in [4.78, 5) is 15.9. The number of aryl methyl sites for hydroxylation is 2. The Hall–Kier alpha value is -2.38. The molecule has 0 radical (unpaired) electrons. The van der Waals surface area contributed by atoms with Crippen LogP contribution in [0.25, 0.3) is 10.9 Å². The largest absolute Gasteiger partial charge is 0.469 e. The predicted octanol–water partition coefficient (Wildman–Crippen LogP) is 3.36. The van der Waals surface area contributed by atoms with Crippen molar-refractivity contribution in [2.45, 2.75) is 43.9 Å². The molecular weight excluding hydrogens is 364 g/mol.